The van der Waals surface area contributed by atoms with Gasteiger partial charge in [0.25, 0.3) is 5.91 Å². The fourth-order valence-corrected chi connectivity index (χ4v) is 3.64. The van der Waals surface area contributed by atoms with Gasteiger partial charge in [0.2, 0.25) is 0 Å². The standard InChI is InChI=1S/C16H17ClN4O2/c17-12-7-20-15-11(1-3-18-15)14(12)9-5-13(19-6-9)16(23)21-4-2-10(22)8-21/h1,3,5,7,9-10,19,22H,2,4,6,8H2,(H,18,20). The summed E-state index contributed by atoms with van der Waals surface area (Å²) < 4.78 is 0. The van der Waals surface area contributed by atoms with E-state index in [2.05, 4.69) is 15.3 Å². The van der Waals surface area contributed by atoms with Crippen molar-refractivity contribution in [3.05, 3.63) is 40.8 Å². The zero-order valence-corrected chi connectivity index (χ0v) is 13.2. The molecule has 120 valence electrons. The van der Waals surface area contributed by atoms with Crippen molar-refractivity contribution in [3.63, 3.8) is 0 Å². The van der Waals surface area contributed by atoms with Crippen molar-refractivity contribution in [1.29, 1.82) is 0 Å². The lowest BCUT2D eigenvalue weighted by molar-refractivity contribution is -0.126. The normalized spacial score (nSPS) is 24.1. The van der Waals surface area contributed by atoms with Gasteiger partial charge in [-0.2, -0.15) is 0 Å². The number of aliphatic hydroxyl groups excluding tert-OH is 1. The number of fused-ring (bicyclic) bond motifs is 1. The van der Waals surface area contributed by atoms with Gasteiger partial charge in [0, 0.05) is 43.3 Å². The molecule has 0 spiro atoms. The van der Waals surface area contributed by atoms with Crippen molar-refractivity contribution in [3.8, 4) is 0 Å². The predicted molar refractivity (Wildman–Crippen MR) is 87.1 cm³/mol. The minimum Gasteiger partial charge on any atom is -0.391 e. The number of aliphatic hydroxyl groups is 1. The van der Waals surface area contributed by atoms with Gasteiger partial charge in [0.05, 0.1) is 16.8 Å². The van der Waals surface area contributed by atoms with Crippen LogP contribution in [0.5, 0.6) is 0 Å². The Bertz CT molecular complexity index is 800. The van der Waals surface area contributed by atoms with Crippen LogP contribution < -0.4 is 5.32 Å². The molecule has 4 rings (SSSR count). The van der Waals surface area contributed by atoms with Gasteiger partial charge >= 0.3 is 0 Å². The van der Waals surface area contributed by atoms with Gasteiger partial charge in [-0.25, -0.2) is 4.98 Å². The number of carbonyl (C=O) groups excluding carboxylic acids is 1. The Morgan fingerprint density at radius 1 is 1.48 bits per heavy atom. The number of amides is 1. The Kier molecular flexibility index (Phi) is 3.50. The monoisotopic (exact) mass is 332 g/mol. The number of aromatic amines is 1. The van der Waals surface area contributed by atoms with Crippen LogP contribution in [0.15, 0.2) is 30.2 Å². The molecule has 0 saturated carbocycles. The summed E-state index contributed by atoms with van der Waals surface area (Å²) in [6.07, 6.45) is 5.64. The summed E-state index contributed by atoms with van der Waals surface area (Å²) in [6.45, 7) is 1.63. The number of rotatable bonds is 2. The van der Waals surface area contributed by atoms with Gasteiger partial charge < -0.3 is 20.3 Å². The fraction of sp³-hybridized carbons (Fsp3) is 0.375. The number of aromatic nitrogens is 2. The second-order valence-corrected chi connectivity index (χ2v) is 6.43. The van der Waals surface area contributed by atoms with Gasteiger partial charge in [0.1, 0.15) is 5.65 Å². The molecule has 0 aliphatic carbocycles. The maximum atomic E-state index is 12.5. The molecule has 3 N–H and O–H groups in total. The van der Waals surface area contributed by atoms with E-state index in [0.717, 1.165) is 16.6 Å². The molecule has 1 saturated heterocycles. The molecule has 4 heterocycles. The SMILES string of the molecule is O=C(C1=CC(c2c(Cl)cnc3[nH]ccc23)CN1)N1CCC(O)C1. The molecule has 0 radical (unpaired) electrons. The molecule has 7 heteroatoms. The summed E-state index contributed by atoms with van der Waals surface area (Å²) in [6, 6.07) is 1.95. The fourth-order valence-electron chi connectivity index (χ4n) is 3.35. The molecular weight excluding hydrogens is 316 g/mol. The van der Waals surface area contributed by atoms with E-state index >= 15 is 0 Å². The maximum absolute atomic E-state index is 12.5. The van der Waals surface area contributed by atoms with Crippen LogP contribution in [0.25, 0.3) is 11.0 Å². The lowest BCUT2D eigenvalue weighted by Gasteiger charge is -2.16. The van der Waals surface area contributed by atoms with Crippen LogP contribution in [-0.2, 0) is 4.79 Å². The highest BCUT2D eigenvalue weighted by molar-refractivity contribution is 6.32. The van der Waals surface area contributed by atoms with Crippen LogP contribution in [-0.4, -0.2) is 51.6 Å². The number of pyridine rings is 1. The first-order valence-corrected chi connectivity index (χ1v) is 8.06. The first-order chi connectivity index (χ1) is 11.1. The topological polar surface area (TPSA) is 81.2 Å². The molecule has 6 nitrogen and oxygen atoms in total. The molecule has 2 aliphatic rings. The largest absolute Gasteiger partial charge is 0.391 e. The number of hydrogen-bond acceptors (Lipinski definition) is 4. The summed E-state index contributed by atoms with van der Waals surface area (Å²) in [4.78, 5) is 21.5. The average Bonchev–Trinajstić information content (AvgIpc) is 3.25. The summed E-state index contributed by atoms with van der Waals surface area (Å²) in [5, 5.41) is 14.4. The van der Waals surface area contributed by atoms with E-state index in [4.69, 9.17) is 11.6 Å². The molecule has 0 bridgehead atoms. The Morgan fingerprint density at radius 3 is 3.13 bits per heavy atom. The smallest absolute Gasteiger partial charge is 0.269 e. The van der Waals surface area contributed by atoms with Gasteiger partial charge in [0.15, 0.2) is 0 Å². The Balaban J connectivity index is 1.64. The molecule has 2 aromatic heterocycles. The van der Waals surface area contributed by atoms with Crippen LogP contribution >= 0.6 is 11.6 Å². The van der Waals surface area contributed by atoms with E-state index in [1.807, 2.05) is 18.3 Å². The van der Waals surface area contributed by atoms with E-state index < -0.39 is 6.10 Å². The second kappa shape index (κ2) is 5.54. The molecule has 2 atom stereocenters. The number of β-amino-alcohol motifs (C(OH)–C–C–N with tert-alkyl or cyclic N) is 1. The molecular formula is C16H17ClN4O2. The van der Waals surface area contributed by atoms with E-state index in [1.54, 1.807) is 11.1 Å². The number of nitrogens with zero attached hydrogens (tertiary/aromatic N) is 2. The summed E-state index contributed by atoms with van der Waals surface area (Å²) in [7, 11) is 0. The zero-order valence-electron chi connectivity index (χ0n) is 12.4. The van der Waals surface area contributed by atoms with Crippen molar-refractivity contribution in [2.24, 2.45) is 0 Å². The number of likely N-dealkylation sites (tertiary alicyclic amines) is 1. The third-order valence-electron chi connectivity index (χ3n) is 4.51. The molecule has 0 aromatic carbocycles. The molecule has 2 aliphatic heterocycles. The van der Waals surface area contributed by atoms with Crippen molar-refractivity contribution in [1.82, 2.24) is 20.2 Å². The lowest BCUT2D eigenvalue weighted by atomic mass is 9.98. The number of hydrogen-bond donors (Lipinski definition) is 3. The minimum absolute atomic E-state index is 0.0234. The van der Waals surface area contributed by atoms with Gasteiger partial charge in [-0.15, -0.1) is 0 Å². The lowest BCUT2D eigenvalue weighted by Crippen LogP contribution is -2.34. The van der Waals surface area contributed by atoms with E-state index in [-0.39, 0.29) is 11.8 Å². The first-order valence-electron chi connectivity index (χ1n) is 7.68. The average molecular weight is 333 g/mol. The summed E-state index contributed by atoms with van der Waals surface area (Å²) in [5.74, 6) is -0.0326. The molecule has 2 unspecified atom stereocenters. The van der Waals surface area contributed by atoms with Gasteiger partial charge in [-0.05, 0) is 24.1 Å². The van der Waals surface area contributed by atoms with Crippen LogP contribution in [0.1, 0.15) is 17.9 Å². The van der Waals surface area contributed by atoms with Gasteiger partial charge in [-0.3, -0.25) is 4.79 Å². The Hall–Kier alpha value is -2.05. The predicted octanol–water partition coefficient (Wildman–Crippen LogP) is 1.38. The molecule has 1 fully saturated rings. The minimum atomic E-state index is -0.411. The van der Waals surface area contributed by atoms with Crippen molar-refractivity contribution in [2.45, 2.75) is 18.4 Å². The number of carbonyl (C=O) groups is 1. The summed E-state index contributed by atoms with van der Waals surface area (Å²) in [5.41, 5.74) is 2.36. The summed E-state index contributed by atoms with van der Waals surface area (Å²) >= 11 is 6.35. The molecule has 1 amide bonds. The Labute approximate surface area is 138 Å². The van der Waals surface area contributed by atoms with E-state index in [9.17, 15) is 9.90 Å². The molecule has 2 aromatic rings. The molecule has 23 heavy (non-hydrogen) atoms. The Morgan fingerprint density at radius 2 is 2.35 bits per heavy atom. The maximum Gasteiger partial charge on any atom is 0.269 e. The van der Waals surface area contributed by atoms with Gasteiger partial charge in [-0.1, -0.05) is 11.6 Å². The van der Waals surface area contributed by atoms with Crippen molar-refractivity contribution in [2.75, 3.05) is 19.6 Å². The second-order valence-electron chi connectivity index (χ2n) is 6.02. The van der Waals surface area contributed by atoms with Crippen LogP contribution in [0.4, 0.5) is 0 Å². The zero-order chi connectivity index (χ0) is 16.0. The van der Waals surface area contributed by atoms with Crippen LogP contribution in [0.2, 0.25) is 5.02 Å². The highest BCUT2D eigenvalue weighted by Gasteiger charge is 2.31. The number of halogens is 1. The third-order valence-corrected chi connectivity index (χ3v) is 4.81. The highest BCUT2D eigenvalue weighted by Crippen LogP contribution is 2.34. The third kappa shape index (κ3) is 2.48. The number of nitrogens with one attached hydrogen (secondary N) is 2. The van der Waals surface area contributed by atoms with Crippen molar-refractivity contribution >= 4 is 28.5 Å². The van der Waals surface area contributed by atoms with Crippen LogP contribution in [0.3, 0.4) is 0 Å². The van der Waals surface area contributed by atoms with Crippen LogP contribution in [0, 0.1) is 0 Å². The highest BCUT2D eigenvalue weighted by atomic mass is 35.5. The van der Waals surface area contributed by atoms with E-state index in [0.29, 0.717) is 36.8 Å². The quantitative estimate of drug-likeness (QED) is 0.776. The first kappa shape index (κ1) is 14.5. The van der Waals surface area contributed by atoms with E-state index in [1.165, 1.54) is 0 Å². The van der Waals surface area contributed by atoms with Crippen molar-refractivity contribution < 1.29 is 9.90 Å². The number of H-pyrrole nitrogens is 1.